The second-order valence-electron chi connectivity index (χ2n) is 5.47. The summed E-state index contributed by atoms with van der Waals surface area (Å²) in [7, 11) is 0. The van der Waals surface area contributed by atoms with Crippen LogP contribution in [0.5, 0.6) is 0 Å². The van der Waals surface area contributed by atoms with Crippen LogP contribution in [0, 0.1) is 12.8 Å². The predicted molar refractivity (Wildman–Crippen MR) is 81.0 cm³/mol. The van der Waals surface area contributed by atoms with Crippen molar-refractivity contribution in [2.24, 2.45) is 5.92 Å². The maximum Gasteiger partial charge on any atom is 0.126 e. The first-order chi connectivity index (χ1) is 8.69. The molecule has 100 valence electrons. The van der Waals surface area contributed by atoms with E-state index in [0.29, 0.717) is 6.04 Å². The summed E-state index contributed by atoms with van der Waals surface area (Å²) >= 11 is 3.49. The number of nitrogens with one attached hydrogen (secondary N) is 1. The quantitative estimate of drug-likeness (QED) is 0.853. The van der Waals surface area contributed by atoms with Gasteiger partial charge in [-0.05, 0) is 66.1 Å². The molecule has 18 heavy (non-hydrogen) atoms. The Hall–Kier alpha value is -0.570. The van der Waals surface area contributed by atoms with Gasteiger partial charge >= 0.3 is 0 Å². The van der Waals surface area contributed by atoms with E-state index >= 15 is 0 Å². The largest absolute Gasteiger partial charge is 0.367 e. The number of aryl methyl sites for hydroxylation is 1. The van der Waals surface area contributed by atoms with Gasteiger partial charge in [0.25, 0.3) is 0 Å². The topological polar surface area (TPSA) is 24.9 Å². The first-order valence-corrected chi connectivity index (χ1v) is 7.87. The molecule has 1 aromatic heterocycles. The molecule has 2 nitrogen and oxygen atoms in total. The van der Waals surface area contributed by atoms with Gasteiger partial charge in [0.15, 0.2) is 0 Å². The van der Waals surface area contributed by atoms with Gasteiger partial charge < -0.3 is 5.32 Å². The second-order valence-corrected chi connectivity index (χ2v) is 6.32. The number of hydrogen-bond donors (Lipinski definition) is 1. The van der Waals surface area contributed by atoms with Crippen LogP contribution < -0.4 is 5.32 Å². The minimum Gasteiger partial charge on any atom is -0.367 e. The van der Waals surface area contributed by atoms with Crippen molar-refractivity contribution < 1.29 is 0 Å². The van der Waals surface area contributed by atoms with Gasteiger partial charge in [-0.25, -0.2) is 4.98 Å². The second kappa shape index (κ2) is 6.55. The lowest BCUT2D eigenvalue weighted by Gasteiger charge is -2.29. The molecular formula is C15H23BrN2. The highest BCUT2D eigenvalue weighted by Gasteiger charge is 2.20. The van der Waals surface area contributed by atoms with E-state index < -0.39 is 0 Å². The minimum absolute atomic E-state index is 0.617. The molecule has 2 rings (SSSR count). The van der Waals surface area contributed by atoms with E-state index in [4.69, 9.17) is 0 Å². The van der Waals surface area contributed by atoms with Crippen molar-refractivity contribution in [1.82, 2.24) is 4.98 Å². The van der Waals surface area contributed by atoms with Gasteiger partial charge in [0.1, 0.15) is 5.82 Å². The molecule has 1 aromatic rings. The highest BCUT2D eigenvalue weighted by atomic mass is 79.9. The van der Waals surface area contributed by atoms with E-state index in [0.717, 1.165) is 16.2 Å². The van der Waals surface area contributed by atoms with Crippen LogP contribution in [0.3, 0.4) is 0 Å². The third-order valence-electron chi connectivity index (χ3n) is 3.94. The molecule has 0 radical (unpaired) electrons. The van der Waals surface area contributed by atoms with Crippen molar-refractivity contribution in [1.29, 1.82) is 0 Å². The smallest absolute Gasteiger partial charge is 0.126 e. The zero-order valence-corrected chi connectivity index (χ0v) is 13.0. The Balaban J connectivity index is 1.85. The average molecular weight is 311 g/mol. The zero-order chi connectivity index (χ0) is 13.0. The van der Waals surface area contributed by atoms with Crippen LogP contribution in [-0.2, 0) is 0 Å². The van der Waals surface area contributed by atoms with Crippen molar-refractivity contribution in [2.75, 3.05) is 5.32 Å². The number of anilines is 1. The van der Waals surface area contributed by atoms with Crippen LogP contribution in [0.4, 0.5) is 5.82 Å². The number of hydrogen-bond acceptors (Lipinski definition) is 2. The van der Waals surface area contributed by atoms with Gasteiger partial charge in [0.05, 0.1) is 0 Å². The third-order valence-corrected chi connectivity index (χ3v) is 4.77. The third kappa shape index (κ3) is 3.71. The van der Waals surface area contributed by atoms with Crippen LogP contribution in [0.2, 0.25) is 0 Å². The summed E-state index contributed by atoms with van der Waals surface area (Å²) in [5.74, 6) is 1.99. The monoisotopic (exact) mass is 310 g/mol. The standard InChI is InChI=1S/C15H23BrN2/c1-3-4-12-5-7-13(8-6-12)18-15-9-11(2)14(16)10-17-15/h9-10,12-13H,3-8H2,1-2H3,(H,17,18). The van der Waals surface area contributed by atoms with Gasteiger partial charge in [0.2, 0.25) is 0 Å². The molecule has 1 aliphatic carbocycles. The fraction of sp³-hybridized carbons (Fsp3) is 0.667. The number of aromatic nitrogens is 1. The molecule has 1 saturated carbocycles. The first-order valence-electron chi connectivity index (χ1n) is 7.07. The van der Waals surface area contributed by atoms with Crippen molar-refractivity contribution in [3.8, 4) is 0 Å². The van der Waals surface area contributed by atoms with Gasteiger partial charge in [-0.1, -0.05) is 19.8 Å². The Morgan fingerprint density at radius 2 is 2.06 bits per heavy atom. The molecule has 1 heterocycles. The van der Waals surface area contributed by atoms with Crippen LogP contribution >= 0.6 is 15.9 Å². The van der Waals surface area contributed by atoms with Gasteiger partial charge in [-0.3, -0.25) is 0 Å². The van der Waals surface area contributed by atoms with Crippen LogP contribution in [0.15, 0.2) is 16.7 Å². The normalized spacial score (nSPS) is 23.9. The SMILES string of the molecule is CCCC1CCC(Nc2cc(C)c(Br)cn2)CC1. The summed E-state index contributed by atoms with van der Waals surface area (Å²) in [5.41, 5.74) is 1.24. The molecule has 0 amide bonds. The lowest BCUT2D eigenvalue weighted by Crippen LogP contribution is -2.26. The Kier molecular flexibility index (Phi) is 5.04. The van der Waals surface area contributed by atoms with E-state index in [1.54, 1.807) is 0 Å². The lowest BCUT2D eigenvalue weighted by atomic mass is 9.83. The molecule has 1 aliphatic rings. The number of halogens is 1. The van der Waals surface area contributed by atoms with Crippen molar-refractivity contribution in [3.05, 3.63) is 22.3 Å². The molecular weight excluding hydrogens is 288 g/mol. The van der Waals surface area contributed by atoms with Gasteiger partial charge in [0, 0.05) is 16.7 Å². The summed E-state index contributed by atoms with van der Waals surface area (Å²) in [4.78, 5) is 4.43. The van der Waals surface area contributed by atoms with Crippen LogP contribution in [0.1, 0.15) is 51.0 Å². The summed E-state index contributed by atoms with van der Waals surface area (Å²) < 4.78 is 1.08. The first kappa shape index (κ1) is 13.9. The maximum atomic E-state index is 4.43. The van der Waals surface area contributed by atoms with E-state index in [2.05, 4.69) is 46.1 Å². The molecule has 0 aliphatic heterocycles. The van der Waals surface area contributed by atoms with Crippen molar-refractivity contribution >= 4 is 21.7 Å². The Labute approximate surface area is 119 Å². The highest BCUT2D eigenvalue weighted by Crippen LogP contribution is 2.29. The minimum atomic E-state index is 0.617. The summed E-state index contributed by atoms with van der Waals surface area (Å²) in [6, 6.07) is 2.74. The molecule has 3 heteroatoms. The highest BCUT2D eigenvalue weighted by molar-refractivity contribution is 9.10. The number of pyridine rings is 1. The number of nitrogens with zero attached hydrogens (tertiary/aromatic N) is 1. The van der Waals surface area contributed by atoms with E-state index in [1.807, 2.05) is 6.20 Å². The molecule has 0 saturated heterocycles. The van der Waals surface area contributed by atoms with E-state index in [9.17, 15) is 0 Å². The molecule has 1 N–H and O–H groups in total. The molecule has 0 aromatic carbocycles. The molecule has 0 spiro atoms. The number of rotatable bonds is 4. The van der Waals surface area contributed by atoms with Crippen LogP contribution in [0.25, 0.3) is 0 Å². The summed E-state index contributed by atoms with van der Waals surface area (Å²) in [6.07, 6.45) is 9.96. The van der Waals surface area contributed by atoms with E-state index in [1.165, 1.54) is 44.1 Å². The molecule has 1 fully saturated rings. The fourth-order valence-electron chi connectivity index (χ4n) is 2.83. The fourth-order valence-corrected chi connectivity index (χ4v) is 3.05. The molecule has 0 unspecified atom stereocenters. The van der Waals surface area contributed by atoms with Gasteiger partial charge in [-0.15, -0.1) is 0 Å². The van der Waals surface area contributed by atoms with Crippen molar-refractivity contribution in [2.45, 2.75) is 58.4 Å². The zero-order valence-electron chi connectivity index (χ0n) is 11.4. The Morgan fingerprint density at radius 3 is 2.67 bits per heavy atom. The van der Waals surface area contributed by atoms with Crippen LogP contribution in [-0.4, -0.2) is 11.0 Å². The lowest BCUT2D eigenvalue weighted by molar-refractivity contribution is 0.318. The predicted octanol–water partition coefficient (Wildman–Crippen LogP) is 4.92. The van der Waals surface area contributed by atoms with Crippen molar-refractivity contribution in [3.63, 3.8) is 0 Å². The van der Waals surface area contributed by atoms with E-state index in [-0.39, 0.29) is 0 Å². The van der Waals surface area contributed by atoms with Gasteiger partial charge in [-0.2, -0.15) is 0 Å². The summed E-state index contributed by atoms with van der Waals surface area (Å²) in [6.45, 7) is 4.40. The molecule has 0 bridgehead atoms. The Morgan fingerprint density at radius 1 is 1.33 bits per heavy atom. The average Bonchev–Trinajstić information content (AvgIpc) is 2.37. The summed E-state index contributed by atoms with van der Waals surface area (Å²) in [5, 5.41) is 3.58. The molecule has 0 atom stereocenters. The maximum absolute atomic E-state index is 4.43. The Bertz CT molecular complexity index is 384.